The minimum atomic E-state index is -1.66. The predicted octanol–water partition coefficient (Wildman–Crippen LogP) is 4.23. The van der Waals surface area contributed by atoms with Crippen LogP contribution in [-0.4, -0.2) is 23.8 Å². The fourth-order valence-corrected chi connectivity index (χ4v) is 6.18. The molecule has 1 aliphatic carbocycles. The molecule has 0 fully saturated rings. The summed E-state index contributed by atoms with van der Waals surface area (Å²) >= 11 is 0. The first-order valence-corrected chi connectivity index (χ1v) is 11.6. The molecule has 1 atom stereocenters. The van der Waals surface area contributed by atoms with E-state index in [1.807, 2.05) is 53.7 Å². The number of amides is 1. The van der Waals surface area contributed by atoms with Gasteiger partial charge in [0.25, 0.3) is 0 Å². The molecule has 0 radical (unpaired) electrons. The summed E-state index contributed by atoms with van der Waals surface area (Å²) in [5, 5.41) is 10.3. The standard InChI is InChI=1S/C27H29N3O4/c1-7-33-15-8-16-14(2)10-26(5,6)30-22(16)17(9-15)27(24(30)32)18(13-28)23(29)34-20-12-25(3,4)11-19(31)21(20)27/h8-10H,7,11-12,29H2,1-6H3/t27-/m0/s1. The van der Waals surface area contributed by atoms with Gasteiger partial charge >= 0.3 is 0 Å². The number of ether oxygens (including phenoxy) is 2. The second-order valence-electron chi connectivity index (χ2n) is 10.9. The monoisotopic (exact) mass is 459 g/mol. The van der Waals surface area contributed by atoms with E-state index >= 15 is 0 Å². The van der Waals surface area contributed by atoms with Crippen LogP contribution in [0.1, 0.15) is 65.5 Å². The normalized spacial score (nSPS) is 26.1. The molecule has 5 rings (SSSR count). The van der Waals surface area contributed by atoms with Crippen LogP contribution >= 0.6 is 0 Å². The van der Waals surface area contributed by atoms with E-state index in [4.69, 9.17) is 15.2 Å². The Morgan fingerprint density at radius 2 is 1.91 bits per heavy atom. The van der Waals surface area contributed by atoms with Crippen molar-refractivity contribution < 1.29 is 19.1 Å². The second kappa shape index (κ2) is 6.75. The van der Waals surface area contributed by atoms with Crippen molar-refractivity contribution in [1.82, 2.24) is 0 Å². The van der Waals surface area contributed by atoms with Crippen molar-refractivity contribution in [2.75, 3.05) is 11.5 Å². The molecule has 1 amide bonds. The van der Waals surface area contributed by atoms with Gasteiger partial charge in [-0.05, 0) is 50.8 Å². The number of carbonyl (C=O) groups excluding carboxylic acids is 2. The fourth-order valence-electron chi connectivity index (χ4n) is 6.18. The number of nitriles is 1. The quantitative estimate of drug-likeness (QED) is 0.709. The van der Waals surface area contributed by atoms with Gasteiger partial charge in [0.15, 0.2) is 5.78 Å². The Hall–Kier alpha value is -3.53. The number of allylic oxidation sites excluding steroid dienone is 2. The maximum absolute atomic E-state index is 14.6. The Kier molecular flexibility index (Phi) is 4.42. The molecule has 7 nitrogen and oxygen atoms in total. The van der Waals surface area contributed by atoms with Crippen molar-refractivity contribution in [3.8, 4) is 11.8 Å². The van der Waals surface area contributed by atoms with Gasteiger partial charge < -0.3 is 20.1 Å². The first kappa shape index (κ1) is 22.3. The molecule has 7 heteroatoms. The molecule has 176 valence electrons. The molecule has 3 aliphatic heterocycles. The Morgan fingerprint density at radius 3 is 2.56 bits per heavy atom. The van der Waals surface area contributed by atoms with E-state index in [1.54, 1.807) is 11.0 Å². The molecular weight excluding hydrogens is 430 g/mol. The van der Waals surface area contributed by atoms with Gasteiger partial charge in [0.1, 0.15) is 28.6 Å². The Labute approximate surface area is 199 Å². The summed E-state index contributed by atoms with van der Waals surface area (Å²) in [6.45, 7) is 12.2. The zero-order valence-electron chi connectivity index (χ0n) is 20.5. The number of benzene rings is 1. The van der Waals surface area contributed by atoms with Crippen molar-refractivity contribution in [2.24, 2.45) is 11.1 Å². The Morgan fingerprint density at radius 1 is 1.21 bits per heavy atom. The number of hydrogen-bond acceptors (Lipinski definition) is 6. The zero-order valence-corrected chi connectivity index (χ0v) is 20.5. The van der Waals surface area contributed by atoms with Crippen molar-refractivity contribution in [3.05, 3.63) is 52.1 Å². The highest BCUT2D eigenvalue weighted by Gasteiger charge is 2.65. The highest BCUT2D eigenvalue weighted by Crippen LogP contribution is 2.61. The summed E-state index contributed by atoms with van der Waals surface area (Å²) in [5.41, 5.74) is 6.92. The zero-order chi connectivity index (χ0) is 24.8. The summed E-state index contributed by atoms with van der Waals surface area (Å²) in [6, 6.07) is 5.86. The third-order valence-corrected chi connectivity index (χ3v) is 7.29. The van der Waals surface area contributed by atoms with E-state index in [2.05, 4.69) is 6.07 Å². The summed E-state index contributed by atoms with van der Waals surface area (Å²) in [5.74, 6) is 0.278. The summed E-state index contributed by atoms with van der Waals surface area (Å²) in [7, 11) is 0. The van der Waals surface area contributed by atoms with E-state index in [9.17, 15) is 14.9 Å². The Balaban J connectivity index is 1.95. The molecule has 4 aliphatic rings. The topological polar surface area (TPSA) is 106 Å². The minimum Gasteiger partial charge on any atom is -0.494 e. The SMILES string of the molecule is CCOc1cc2c3c(c1)[C@]1(C(=O)N3C(C)(C)C=C2C)C(C#N)=C(N)OC2=C1C(=O)CC(C)(C)C2. The van der Waals surface area contributed by atoms with Crippen molar-refractivity contribution in [1.29, 1.82) is 5.26 Å². The van der Waals surface area contributed by atoms with Gasteiger partial charge in [-0.25, -0.2) is 0 Å². The number of nitrogens with two attached hydrogens (primary N) is 1. The number of rotatable bonds is 2. The molecule has 0 aromatic heterocycles. The third-order valence-electron chi connectivity index (χ3n) is 7.29. The number of carbonyl (C=O) groups is 2. The highest BCUT2D eigenvalue weighted by molar-refractivity contribution is 6.22. The van der Waals surface area contributed by atoms with Gasteiger partial charge in [0.2, 0.25) is 11.8 Å². The molecule has 3 heterocycles. The third kappa shape index (κ3) is 2.62. The van der Waals surface area contributed by atoms with Gasteiger partial charge in [-0.3, -0.25) is 9.59 Å². The van der Waals surface area contributed by atoms with Crippen LogP contribution in [0.5, 0.6) is 5.75 Å². The Bertz CT molecular complexity index is 1320. The molecule has 34 heavy (non-hydrogen) atoms. The number of nitrogens with zero attached hydrogens (tertiary/aromatic N) is 2. The molecule has 1 aromatic carbocycles. The van der Waals surface area contributed by atoms with Crippen LogP contribution < -0.4 is 15.4 Å². The maximum atomic E-state index is 14.6. The van der Waals surface area contributed by atoms with Crippen LogP contribution in [0.15, 0.2) is 41.0 Å². The number of Topliss-reactive ketones (excluding diaryl/α,β-unsaturated/α-hetero) is 1. The van der Waals surface area contributed by atoms with E-state index in [0.29, 0.717) is 35.8 Å². The second-order valence-corrected chi connectivity index (χ2v) is 10.9. The van der Waals surface area contributed by atoms with Crippen molar-refractivity contribution in [2.45, 2.75) is 65.3 Å². The average molecular weight is 460 g/mol. The van der Waals surface area contributed by atoms with Crippen LogP contribution in [0.4, 0.5) is 5.69 Å². The average Bonchev–Trinajstić information content (AvgIpc) is 2.95. The van der Waals surface area contributed by atoms with Gasteiger partial charge in [-0.15, -0.1) is 0 Å². The highest BCUT2D eigenvalue weighted by atomic mass is 16.5. The van der Waals surface area contributed by atoms with Gasteiger partial charge in [0.05, 0.1) is 23.4 Å². The lowest BCUT2D eigenvalue weighted by Gasteiger charge is -2.43. The summed E-state index contributed by atoms with van der Waals surface area (Å²) < 4.78 is 11.8. The predicted molar refractivity (Wildman–Crippen MR) is 127 cm³/mol. The smallest absolute Gasteiger partial charge is 0.248 e. The van der Waals surface area contributed by atoms with Crippen LogP contribution in [0, 0.1) is 16.7 Å². The minimum absolute atomic E-state index is 0.0389. The number of fused-ring (bicyclic) bond motifs is 2. The largest absolute Gasteiger partial charge is 0.494 e. The number of hydrogen-bond donors (Lipinski definition) is 1. The first-order chi connectivity index (χ1) is 15.9. The van der Waals surface area contributed by atoms with Crippen LogP contribution in [-0.2, 0) is 19.7 Å². The lowest BCUT2D eigenvalue weighted by Crippen LogP contribution is -2.55. The van der Waals surface area contributed by atoms with Crippen LogP contribution in [0.2, 0.25) is 0 Å². The van der Waals surface area contributed by atoms with Crippen molar-refractivity contribution >= 4 is 23.0 Å². The fraction of sp³-hybridized carbons (Fsp3) is 0.444. The molecule has 0 unspecified atom stereocenters. The van der Waals surface area contributed by atoms with Gasteiger partial charge in [-0.1, -0.05) is 19.9 Å². The molecule has 0 saturated carbocycles. The molecule has 1 spiro atoms. The molecular formula is C27H29N3O4. The lowest BCUT2D eigenvalue weighted by atomic mass is 9.62. The summed E-state index contributed by atoms with van der Waals surface area (Å²) in [4.78, 5) is 30.0. The van der Waals surface area contributed by atoms with E-state index in [-0.39, 0.29) is 40.6 Å². The van der Waals surface area contributed by atoms with E-state index in [1.165, 1.54) is 0 Å². The lowest BCUT2D eigenvalue weighted by molar-refractivity contribution is -0.126. The molecule has 0 bridgehead atoms. The van der Waals surface area contributed by atoms with Gasteiger partial charge in [0, 0.05) is 24.0 Å². The van der Waals surface area contributed by atoms with Gasteiger partial charge in [-0.2, -0.15) is 5.26 Å². The molecule has 1 aromatic rings. The van der Waals surface area contributed by atoms with Crippen LogP contribution in [0.3, 0.4) is 0 Å². The van der Waals surface area contributed by atoms with E-state index < -0.39 is 11.0 Å². The first-order valence-electron chi connectivity index (χ1n) is 11.6. The molecule has 0 saturated heterocycles. The number of ketones is 1. The summed E-state index contributed by atoms with van der Waals surface area (Å²) in [6.07, 6.45) is 2.72. The van der Waals surface area contributed by atoms with E-state index in [0.717, 1.165) is 11.1 Å². The van der Waals surface area contributed by atoms with Crippen LogP contribution in [0.25, 0.3) is 5.57 Å². The van der Waals surface area contributed by atoms with Crippen molar-refractivity contribution in [3.63, 3.8) is 0 Å². The number of anilines is 1. The maximum Gasteiger partial charge on any atom is 0.248 e. The molecule has 2 N–H and O–H groups in total.